The molecule has 0 saturated heterocycles. The summed E-state index contributed by atoms with van der Waals surface area (Å²) in [4.78, 5) is 14.2. The van der Waals surface area contributed by atoms with Crippen LogP contribution in [0.5, 0.6) is 5.75 Å². The average Bonchev–Trinajstić information content (AvgIpc) is 2.61. The van der Waals surface area contributed by atoms with Crippen LogP contribution in [0, 0.1) is 5.82 Å². The second-order valence-electron chi connectivity index (χ2n) is 5.50. The summed E-state index contributed by atoms with van der Waals surface area (Å²) in [6.07, 6.45) is 1.03. The van der Waals surface area contributed by atoms with Crippen LogP contribution in [0.3, 0.4) is 0 Å². The van der Waals surface area contributed by atoms with Crippen LogP contribution in [0.1, 0.15) is 18.4 Å². The summed E-state index contributed by atoms with van der Waals surface area (Å²) in [6.45, 7) is 2.00. The van der Waals surface area contributed by atoms with Gasteiger partial charge in [0.15, 0.2) is 0 Å². The van der Waals surface area contributed by atoms with Gasteiger partial charge < -0.3 is 15.4 Å². The Labute approximate surface area is 154 Å². The molecule has 0 aliphatic rings. The van der Waals surface area contributed by atoms with Gasteiger partial charge in [-0.15, -0.1) is 12.4 Å². The molecule has 2 N–H and O–H groups in total. The number of nitrogens with zero attached hydrogens (tertiary/aromatic N) is 1. The first kappa shape index (κ1) is 20.9. The fraction of sp³-hybridized carbons (Fsp3) is 0.316. The molecule has 2 rings (SSSR count). The zero-order valence-corrected chi connectivity index (χ0v) is 14.9. The van der Waals surface area contributed by atoms with Crippen LogP contribution >= 0.6 is 12.4 Å². The second-order valence-corrected chi connectivity index (χ2v) is 5.50. The molecule has 2 aromatic carbocycles. The maximum atomic E-state index is 12.8. The van der Waals surface area contributed by atoms with Crippen LogP contribution in [0.4, 0.5) is 4.39 Å². The molecule has 0 heterocycles. The Morgan fingerprint density at radius 1 is 1.08 bits per heavy atom. The summed E-state index contributed by atoms with van der Waals surface area (Å²) < 4.78 is 18.3. The molecule has 0 unspecified atom stereocenters. The van der Waals surface area contributed by atoms with E-state index < -0.39 is 0 Å². The van der Waals surface area contributed by atoms with Crippen LogP contribution in [-0.2, 0) is 11.3 Å². The van der Waals surface area contributed by atoms with E-state index in [4.69, 9.17) is 10.5 Å². The third-order valence-corrected chi connectivity index (χ3v) is 3.60. The van der Waals surface area contributed by atoms with Gasteiger partial charge in [0.2, 0.25) is 5.91 Å². The number of nitrogens with two attached hydrogens (primary N) is 1. The van der Waals surface area contributed by atoms with Crippen molar-refractivity contribution in [3.05, 3.63) is 66.0 Å². The fourth-order valence-electron chi connectivity index (χ4n) is 2.32. The van der Waals surface area contributed by atoms with Gasteiger partial charge in [0, 0.05) is 13.1 Å². The first-order valence-corrected chi connectivity index (χ1v) is 8.09. The molecule has 2 aromatic rings. The minimum Gasteiger partial charge on any atom is -0.493 e. The molecule has 1 amide bonds. The van der Waals surface area contributed by atoms with Crippen molar-refractivity contribution in [3.63, 3.8) is 0 Å². The van der Waals surface area contributed by atoms with E-state index in [1.54, 1.807) is 17.0 Å². The molecule has 0 aromatic heterocycles. The Kier molecular flexibility index (Phi) is 9.58. The Hall–Kier alpha value is -2.11. The van der Waals surface area contributed by atoms with Crippen LogP contribution in [0.25, 0.3) is 0 Å². The highest BCUT2D eigenvalue weighted by Crippen LogP contribution is 2.12. The van der Waals surface area contributed by atoms with Crippen LogP contribution in [-0.4, -0.2) is 30.5 Å². The number of hydrogen-bond donors (Lipinski definition) is 1. The summed E-state index contributed by atoms with van der Waals surface area (Å²) in [5.74, 6) is 0.268. The number of benzene rings is 2. The van der Waals surface area contributed by atoms with Gasteiger partial charge in [-0.25, -0.2) is 4.39 Å². The average molecular weight is 367 g/mol. The van der Waals surface area contributed by atoms with Crippen molar-refractivity contribution >= 4 is 18.3 Å². The monoisotopic (exact) mass is 366 g/mol. The number of hydrogen-bond acceptors (Lipinski definition) is 3. The third kappa shape index (κ3) is 7.54. The molecule has 4 nitrogen and oxygen atoms in total. The summed E-state index contributed by atoms with van der Waals surface area (Å²) in [5.41, 5.74) is 6.65. The quantitative estimate of drug-likeness (QED) is 0.740. The van der Waals surface area contributed by atoms with Crippen LogP contribution < -0.4 is 10.5 Å². The normalized spacial score (nSPS) is 10.0. The zero-order valence-electron chi connectivity index (χ0n) is 14.1. The van der Waals surface area contributed by atoms with E-state index in [1.165, 1.54) is 12.1 Å². The van der Waals surface area contributed by atoms with E-state index in [2.05, 4.69) is 0 Å². The van der Waals surface area contributed by atoms with E-state index >= 15 is 0 Å². The lowest BCUT2D eigenvalue weighted by atomic mass is 10.2. The van der Waals surface area contributed by atoms with Crippen molar-refractivity contribution in [2.24, 2.45) is 5.73 Å². The maximum absolute atomic E-state index is 12.8. The van der Waals surface area contributed by atoms with Crippen LogP contribution in [0.2, 0.25) is 0 Å². The topological polar surface area (TPSA) is 55.6 Å². The third-order valence-electron chi connectivity index (χ3n) is 3.60. The van der Waals surface area contributed by atoms with E-state index in [0.717, 1.165) is 12.0 Å². The minimum atomic E-state index is -0.311. The Morgan fingerprint density at radius 2 is 1.76 bits per heavy atom. The molecule has 0 fully saturated rings. The fourth-order valence-corrected chi connectivity index (χ4v) is 2.32. The predicted octanol–water partition coefficient (Wildman–Crippen LogP) is 3.39. The number of carbonyl (C=O) groups is 1. The number of carbonyl (C=O) groups excluding carboxylic acids is 1. The highest BCUT2D eigenvalue weighted by Gasteiger charge is 2.13. The van der Waals surface area contributed by atoms with Gasteiger partial charge in [-0.2, -0.15) is 0 Å². The molecule has 0 saturated carbocycles. The molecule has 25 heavy (non-hydrogen) atoms. The summed E-state index contributed by atoms with van der Waals surface area (Å²) in [5, 5.41) is 0. The highest BCUT2D eigenvalue weighted by atomic mass is 35.5. The lowest BCUT2D eigenvalue weighted by Gasteiger charge is -2.23. The second kappa shape index (κ2) is 11.4. The molecule has 0 aliphatic carbocycles. The van der Waals surface area contributed by atoms with Gasteiger partial charge in [0.1, 0.15) is 11.6 Å². The molecular weight excluding hydrogens is 343 g/mol. The summed E-state index contributed by atoms with van der Waals surface area (Å²) >= 11 is 0. The first-order chi connectivity index (χ1) is 11.7. The standard InChI is InChI=1S/C19H23FN2O2.ClH/c20-17-7-9-18(10-8-17)24-14-11-19(23)22(13-4-12-21)15-16-5-2-1-3-6-16;/h1-3,5-10H,4,11-15,21H2;1H. The van der Waals surface area contributed by atoms with E-state index in [1.807, 2.05) is 30.3 Å². The molecule has 0 aliphatic heterocycles. The van der Waals surface area contributed by atoms with E-state index in [-0.39, 0.29) is 37.2 Å². The van der Waals surface area contributed by atoms with Gasteiger partial charge >= 0.3 is 0 Å². The molecule has 0 radical (unpaired) electrons. The van der Waals surface area contributed by atoms with Crippen molar-refractivity contribution in [1.29, 1.82) is 0 Å². The van der Waals surface area contributed by atoms with E-state index in [0.29, 0.717) is 25.4 Å². The number of ether oxygens (including phenoxy) is 1. The summed E-state index contributed by atoms with van der Waals surface area (Å²) in [6, 6.07) is 15.6. The van der Waals surface area contributed by atoms with Gasteiger partial charge in [0.05, 0.1) is 13.0 Å². The predicted molar refractivity (Wildman–Crippen MR) is 99.3 cm³/mol. The highest BCUT2D eigenvalue weighted by molar-refractivity contribution is 5.85. The lowest BCUT2D eigenvalue weighted by molar-refractivity contribution is -0.132. The smallest absolute Gasteiger partial charge is 0.226 e. The van der Waals surface area contributed by atoms with Crippen molar-refractivity contribution in [3.8, 4) is 5.75 Å². The van der Waals surface area contributed by atoms with Gasteiger partial charge in [0.25, 0.3) is 0 Å². The van der Waals surface area contributed by atoms with Gasteiger partial charge in [-0.1, -0.05) is 30.3 Å². The molecule has 6 heteroatoms. The summed E-state index contributed by atoms with van der Waals surface area (Å²) in [7, 11) is 0. The Balaban J connectivity index is 0.00000312. The number of halogens is 2. The molecular formula is C19H24ClFN2O2. The van der Waals surface area contributed by atoms with Crippen molar-refractivity contribution in [1.82, 2.24) is 4.90 Å². The van der Waals surface area contributed by atoms with Gasteiger partial charge in [-0.05, 0) is 42.8 Å². The number of amides is 1. The van der Waals surface area contributed by atoms with Crippen molar-refractivity contribution in [2.45, 2.75) is 19.4 Å². The van der Waals surface area contributed by atoms with Gasteiger partial charge in [-0.3, -0.25) is 4.79 Å². The Bertz CT molecular complexity index is 623. The Morgan fingerprint density at radius 3 is 2.40 bits per heavy atom. The lowest BCUT2D eigenvalue weighted by Crippen LogP contribution is -2.33. The minimum absolute atomic E-state index is 0. The zero-order chi connectivity index (χ0) is 17.2. The molecule has 0 bridgehead atoms. The molecule has 0 spiro atoms. The largest absolute Gasteiger partial charge is 0.493 e. The molecule has 136 valence electrons. The maximum Gasteiger partial charge on any atom is 0.226 e. The molecule has 0 atom stereocenters. The number of rotatable bonds is 9. The van der Waals surface area contributed by atoms with E-state index in [9.17, 15) is 9.18 Å². The van der Waals surface area contributed by atoms with Crippen LogP contribution in [0.15, 0.2) is 54.6 Å². The SMILES string of the molecule is Cl.NCCCN(Cc1ccccc1)C(=O)CCOc1ccc(F)cc1. The first-order valence-electron chi connectivity index (χ1n) is 8.09. The van der Waals surface area contributed by atoms with Crippen molar-refractivity contribution < 1.29 is 13.9 Å². The van der Waals surface area contributed by atoms with Crippen molar-refractivity contribution in [2.75, 3.05) is 19.7 Å².